The molecule has 6 heteroatoms. The van der Waals surface area contributed by atoms with E-state index in [0.29, 0.717) is 13.1 Å². The van der Waals surface area contributed by atoms with Crippen molar-refractivity contribution in [3.8, 4) is 11.5 Å². The van der Waals surface area contributed by atoms with Gasteiger partial charge in [0, 0.05) is 13.1 Å². The lowest BCUT2D eigenvalue weighted by Crippen LogP contribution is -2.26. The van der Waals surface area contributed by atoms with E-state index in [1.165, 1.54) is 12.1 Å². The molecule has 0 aromatic heterocycles. The lowest BCUT2D eigenvalue weighted by molar-refractivity contribution is 0.0935. The van der Waals surface area contributed by atoms with Crippen molar-refractivity contribution in [2.24, 2.45) is 0 Å². The van der Waals surface area contributed by atoms with Crippen LogP contribution in [-0.2, 0) is 0 Å². The molecule has 0 radical (unpaired) electrons. The van der Waals surface area contributed by atoms with Crippen LogP contribution in [0, 0.1) is 0 Å². The Morgan fingerprint density at radius 1 is 0.864 bits per heavy atom. The summed E-state index contributed by atoms with van der Waals surface area (Å²) in [5, 5.41) is 25.2. The normalized spacial score (nSPS) is 10.3. The zero-order valence-corrected chi connectivity index (χ0v) is 13.1. The van der Waals surface area contributed by atoms with Gasteiger partial charge in [-0.2, -0.15) is 0 Å². The van der Waals surface area contributed by atoms with Crippen molar-refractivity contribution in [1.82, 2.24) is 10.6 Å². The second-order valence-electron chi connectivity index (χ2n) is 5.08. The maximum atomic E-state index is 11.9. The van der Waals surface area contributed by atoms with Crippen molar-refractivity contribution in [1.29, 1.82) is 0 Å². The zero-order chi connectivity index (χ0) is 16.5. The maximum Gasteiger partial charge on any atom is 0.255 e. The molecule has 22 heavy (non-hydrogen) atoms. The molecule has 0 aliphatic heterocycles. The smallest absolute Gasteiger partial charge is 0.255 e. The quantitative estimate of drug-likeness (QED) is 0.437. The molecule has 0 spiro atoms. The van der Waals surface area contributed by atoms with E-state index in [0.717, 1.165) is 25.7 Å². The molecule has 1 rings (SSSR count). The van der Waals surface area contributed by atoms with Gasteiger partial charge in [-0.3, -0.25) is 9.59 Å². The molecule has 1 aromatic rings. The number of amides is 2. The van der Waals surface area contributed by atoms with Gasteiger partial charge in [0.15, 0.2) is 11.5 Å². The molecule has 0 aliphatic carbocycles. The molecule has 0 saturated heterocycles. The lowest BCUT2D eigenvalue weighted by Gasteiger charge is -2.11. The number of phenolic OH excluding ortho intramolecular Hbond substituents is 2. The first-order valence-electron chi connectivity index (χ1n) is 7.64. The monoisotopic (exact) mass is 308 g/mol. The summed E-state index contributed by atoms with van der Waals surface area (Å²) in [6.07, 6.45) is 3.54. The summed E-state index contributed by atoms with van der Waals surface area (Å²) in [5.41, 5.74) is -0.0857. The Balaban J connectivity index is 2.83. The van der Waals surface area contributed by atoms with Crippen LogP contribution in [0.3, 0.4) is 0 Å². The van der Waals surface area contributed by atoms with E-state index in [9.17, 15) is 19.8 Å². The van der Waals surface area contributed by atoms with Gasteiger partial charge in [-0.15, -0.1) is 0 Å². The largest absolute Gasteiger partial charge is 0.504 e. The third-order valence-electron chi connectivity index (χ3n) is 3.27. The molecule has 0 fully saturated rings. The fourth-order valence-electron chi connectivity index (χ4n) is 1.89. The average Bonchev–Trinajstić information content (AvgIpc) is 2.50. The van der Waals surface area contributed by atoms with E-state index >= 15 is 0 Å². The number of nitrogens with one attached hydrogen (secondary N) is 2. The van der Waals surface area contributed by atoms with Gasteiger partial charge in [-0.25, -0.2) is 0 Å². The van der Waals surface area contributed by atoms with E-state index in [-0.39, 0.29) is 11.1 Å². The molecular weight excluding hydrogens is 284 g/mol. The molecule has 6 nitrogen and oxygen atoms in total. The van der Waals surface area contributed by atoms with E-state index in [1.807, 2.05) is 13.8 Å². The molecule has 0 unspecified atom stereocenters. The van der Waals surface area contributed by atoms with Crippen molar-refractivity contribution in [3.05, 3.63) is 23.3 Å². The number of hydrogen-bond acceptors (Lipinski definition) is 4. The molecule has 0 aliphatic rings. The summed E-state index contributed by atoms with van der Waals surface area (Å²) in [6.45, 7) is 4.99. The van der Waals surface area contributed by atoms with Crippen LogP contribution in [-0.4, -0.2) is 35.1 Å². The Hall–Kier alpha value is -2.24. The van der Waals surface area contributed by atoms with Gasteiger partial charge in [0.1, 0.15) is 0 Å². The number of carbonyl (C=O) groups excluding carboxylic acids is 2. The molecule has 0 saturated carbocycles. The number of hydrogen-bond donors (Lipinski definition) is 4. The van der Waals surface area contributed by atoms with Crippen LogP contribution in [0.5, 0.6) is 11.5 Å². The standard InChI is InChI=1S/C16H24N2O4/c1-3-5-9-17-15(21)11-7-8-12(14(20)13(11)19)16(22)18-10-6-4-2/h7-8,19-20H,3-6,9-10H2,1-2H3,(H,17,21)(H,18,22). The molecule has 4 N–H and O–H groups in total. The fraction of sp³-hybridized carbons (Fsp3) is 0.500. The van der Waals surface area contributed by atoms with Gasteiger partial charge < -0.3 is 20.8 Å². The summed E-state index contributed by atoms with van der Waals surface area (Å²) in [5.74, 6) is -2.09. The topological polar surface area (TPSA) is 98.7 Å². The average molecular weight is 308 g/mol. The van der Waals surface area contributed by atoms with Crippen LogP contribution < -0.4 is 10.6 Å². The van der Waals surface area contributed by atoms with Crippen LogP contribution in [0.2, 0.25) is 0 Å². The Bertz CT molecular complexity index is 482. The minimum absolute atomic E-state index is 0.0429. The summed E-state index contributed by atoms with van der Waals surface area (Å²) < 4.78 is 0. The van der Waals surface area contributed by atoms with Gasteiger partial charge in [-0.05, 0) is 25.0 Å². The van der Waals surface area contributed by atoms with Crippen molar-refractivity contribution < 1.29 is 19.8 Å². The minimum atomic E-state index is -0.572. The first-order valence-corrected chi connectivity index (χ1v) is 7.64. The number of carbonyl (C=O) groups is 2. The first kappa shape index (κ1) is 17.8. The third-order valence-corrected chi connectivity index (χ3v) is 3.27. The molecule has 0 atom stereocenters. The predicted octanol–water partition coefficient (Wildman–Crippen LogP) is 2.16. The Labute approximate surface area is 130 Å². The van der Waals surface area contributed by atoms with Crippen molar-refractivity contribution in [2.45, 2.75) is 39.5 Å². The fourth-order valence-corrected chi connectivity index (χ4v) is 1.89. The second-order valence-corrected chi connectivity index (χ2v) is 5.08. The van der Waals surface area contributed by atoms with Gasteiger partial charge in [0.25, 0.3) is 11.8 Å². The van der Waals surface area contributed by atoms with Crippen molar-refractivity contribution in [3.63, 3.8) is 0 Å². The van der Waals surface area contributed by atoms with Crippen LogP contribution >= 0.6 is 0 Å². The van der Waals surface area contributed by atoms with Gasteiger partial charge in [0.2, 0.25) is 0 Å². The highest BCUT2D eigenvalue weighted by Crippen LogP contribution is 2.32. The van der Waals surface area contributed by atoms with E-state index < -0.39 is 23.3 Å². The number of unbranched alkanes of at least 4 members (excludes halogenated alkanes) is 2. The highest BCUT2D eigenvalue weighted by atomic mass is 16.3. The van der Waals surface area contributed by atoms with Crippen molar-refractivity contribution >= 4 is 11.8 Å². The van der Waals surface area contributed by atoms with Gasteiger partial charge in [-0.1, -0.05) is 26.7 Å². The van der Waals surface area contributed by atoms with Crippen molar-refractivity contribution in [2.75, 3.05) is 13.1 Å². The number of aromatic hydroxyl groups is 2. The van der Waals surface area contributed by atoms with Crippen LogP contribution in [0.25, 0.3) is 0 Å². The van der Waals surface area contributed by atoms with Crippen LogP contribution in [0.1, 0.15) is 60.2 Å². The highest BCUT2D eigenvalue weighted by molar-refractivity contribution is 6.02. The van der Waals surface area contributed by atoms with Crippen LogP contribution in [0.15, 0.2) is 12.1 Å². The first-order chi connectivity index (χ1) is 10.5. The van der Waals surface area contributed by atoms with Gasteiger partial charge in [0.05, 0.1) is 11.1 Å². The summed E-state index contributed by atoms with van der Waals surface area (Å²) in [6, 6.07) is 2.68. The maximum absolute atomic E-state index is 11.9. The Morgan fingerprint density at radius 2 is 1.23 bits per heavy atom. The molecule has 0 heterocycles. The van der Waals surface area contributed by atoms with E-state index in [4.69, 9.17) is 0 Å². The molecule has 0 bridgehead atoms. The number of rotatable bonds is 8. The molecule has 122 valence electrons. The summed E-state index contributed by atoms with van der Waals surface area (Å²) in [7, 11) is 0. The SMILES string of the molecule is CCCCNC(=O)c1ccc(C(=O)NCCCC)c(O)c1O. The second kappa shape index (κ2) is 8.92. The summed E-state index contributed by atoms with van der Waals surface area (Å²) >= 11 is 0. The number of benzene rings is 1. The van der Waals surface area contributed by atoms with Gasteiger partial charge >= 0.3 is 0 Å². The number of phenols is 2. The zero-order valence-electron chi connectivity index (χ0n) is 13.1. The van der Waals surface area contributed by atoms with E-state index in [2.05, 4.69) is 10.6 Å². The Morgan fingerprint density at radius 3 is 1.55 bits per heavy atom. The molecule has 2 amide bonds. The van der Waals surface area contributed by atoms with E-state index in [1.54, 1.807) is 0 Å². The molecular formula is C16H24N2O4. The third kappa shape index (κ3) is 4.65. The van der Waals surface area contributed by atoms with Crippen LogP contribution in [0.4, 0.5) is 0 Å². The predicted molar refractivity (Wildman–Crippen MR) is 84.3 cm³/mol. The summed E-state index contributed by atoms with van der Waals surface area (Å²) in [4.78, 5) is 23.8. The lowest BCUT2D eigenvalue weighted by atomic mass is 10.1. The minimum Gasteiger partial charge on any atom is -0.504 e. The molecule has 1 aromatic carbocycles. The Kier molecular flexibility index (Phi) is 7.22. The highest BCUT2D eigenvalue weighted by Gasteiger charge is 2.20.